The van der Waals surface area contributed by atoms with Crippen molar-refractivity contribution < 1.29 is 0 Å². The van der Waals surface area contributed by atoms with Gasteiger partial charge in [-0.25, -0.2) is 0 Å². The van der Waals surface area contributed by atoms with Crippen LogP contribution in [0.5, 0.6) is 0 Å². The molecule has 3 heteroatoms. The van der Waals surface area contributed by atoms with Gasteiger partial charge in [0.1, 0.15) is 0 Å². The number of hydrogen-bond acceptors (Lipinski definition) is 3. The predicted octanol–water partition coefficient (Wildman–Crippen LogP) is 1.46. The monoisotopic (exact) mass is 99.1 g/mol. The van der Waals surface area contributed by atoms with Gasteiger partial charge in [0, 0.05) is 0 Å². The first-order valence-electron chi connectivity index (χ1n) is 2.38. The second kappa shape index (κ2) is 5.27. The highest BCUT2D eigenvalue weighted by atomic mass is 15.4. The van der Waals surface area contributed by atoms with E-state index in [-0.39, 0.29) is 0 Å². The molecule has 0 atom stereocenters. The van der Waals surface area contributed by atoms with Crippen LogP contribution >= 0.6 is 0 Å². The highest BCUT2D eigenvalue weighted by Gasteiger charge is 1.75. The number of hydrogen-bond donors (Lipinski definition) is 0. The quantitative estimate of drug-likeness (QED) is 0.441. The molecule has 0 aromatic carbocycles. The highest BCUT2D eigenvalue weighted by molar-refractivity contribution is 5.60. The van der Waals surface area contributed by atoms with Crippen LogP contribution in [-0.2, 0) is 0 Å². The van der Waals surface area contributed by atoms with E-state index in [4.69, 9.17) is 0 Å². The highest BCUT2D eigenvalue weighted by Crippen LogP contribution is 1.80. The van der Waals surface area contributed by atoms with E-state index in [1.165, 1.54) is 0 Å². The summed E-state index contributed by atoms with van der Waals surface area (Å²) in [5.74, 6) is 0. The van der Waals surface area contributed by atoms with E-state index < -0.39 is 0 Å². The van der Waals surface area contributed by atoms with E-state index in [9.17, 15) is 0 Å². The summed E-state index contributed by atoms with van der Waals surface area (Å²) in [6, 6.07) is 0. The average Bonchev–Trinajstić information content (AvgIpc) is 2.23. The van der Waals surface area contributed by atoms with Crippen LogP contribution in [0, 0.1) is 0 Å². The van der Waals surface area contributed by atoms with E-state index in [0.717, 1.165) is 0 Å². The molecule has 0 unspecified atom stereocenters. The summed E-state index contributed by atoms with van der Waals surface area (Å²) in [5, 5.41) is 10.2. The predicted molar refractivity (Wildman–Crippen MR) is 29.6 cm³/mol. The molecule has 0 bridgehead atoms. The van der Waals surface area contributed by atoms with Crippen LogP contribution in [-0.4, -0.2) is 12.8 Å². The van der Waals surface area contributed by atoms with Crippen molar-refractivity contribution in [1.29, 1.82) is 0 Å². The van der Waals surface area contributed by atoms with Crippen molar-refractivity contribution in [2.45, 2.75) is 13.8 Å². The molecule has 1 rings (SSSR count). The Bertz CT molecular complexity index is 65.0. The molecular weight excluding hydrogens is 90.1 g/mol. The van der Waals surface area contributed by atoms with Crippen molar-refractivity contribution in [3.8, 4) is 0 Å². The van der Waals surface area contributed by atoms with Gasteiger partial charge >= 0.3 is 0 Å². The molecule has 0 aromatic heterocycles. The first-order valence-corrected chi connectivity index (χ1v) is 2.38. The minimum absolute atomic E-state index is 0.667. The molecule has 0 saturated heterocycles. The van der Waals surface area contributed by atoms with Crippen molar-refractivity contribution >= 4 is 6.21 Å². The molecule has 1 aliphatic rings. The van der Waals surface area contributed by atoms with Gasteiger partial charge in [-0.05, 0) is 5.22 Å². The third kappa shape index (κ3) is 3.09. The molecule has 1 heterocycles. The second-order valence-corrected chi connectivity index (χ2v) is 0.711. The molecule has 3 nitrogen and oxygen atoms in total. The Kier molecular flexibility index (Phi) is 4.72. The maximum Gasteiger partial charge on any atom is 0.0992 e. The fourth-order valence-electron chi connectivity index (χ4n) is 0.183. The van der Waals surface area contributed by atoms with E-state index in [1.54, 1.807) is 6.21 Å². The summed E-state index contributed by atoms with van der Waals surface area (Å²) < 4.78 is 0. The van der Waals surface area contributed by atoms with Crippen molar-refractivity contribution in [3.05, 3.63) is 0 Å². The zero-order valence-corrected chi connectivity index (χ0v) is 4.63. The molecule has 0 amide bonds. The molecule has 0 aromatic rings. The minimum atomic E-state index is 0.667. The number of nitrogens with zero attached hydrogens (tertiary/aromatic N) is 3. The summed E-state index contributed by atoms with van der Waals surface area (Å²) in [5.41, 5.74) is 0. The maximum absolute atomic E-state index is 3.49. The van der Waals surface area contributed by atoms with Crippen LogP contribution in [0.2, 0.25) is 0 Å². The van der Waals surface area contributed by atoms with Crippen molar-refractivity contribution in [2.24, 2.45) is 15.4 Å². The van der Waals surface area contributed by atoms with Gasteiger partial charge in [-0.1, -0.05) is 13.8 Å². The summed E-state index contributed by atoms with van der Waals surface area (Å²) >= 11 is 0. The van der Waals surface area contributed by atoms with Crippen LogP contribution in [0.3, 0.4) is 0 Å². The SMILES string of the molecule is C1=NN=NC1.CC. The Hall–Kier alpha value is -0.730. The third-order valence-electron chi connectivity index (χ3n) is 0.360. The lowest BCUT2D eigenvalue weighted by Crippen LogP contribution is -1.65. The average molecular weight is 99.1 g/mol. The lowest BCUT2D eigenvalue weighted by molar-refractivity contribution is 1.06. The molecule has 0 radical (unpaired) electrons. The maximum atomic E-state index is 3.49. The molecule has 0 fully saturated rings. The van der Waals surface area contributed by atoms with Gasteiger partial charge in [0.25, 0.3) is 0 Å². The molecule has 0 aliphatic carbocycles. The Labute approximate surface area is 43.1 Å². The van der Waals surface area contributed by atoms with Gasteiger partial charge in [0.2, 0.25) is 0 Å². The van der Waals surface area contributed by atoms with Crippen molar-refractivity contribution in [1.82, 2.24) is 0 Å². The van der Waals surface area contributed by atoms with Crippen LogP contribution < -0.4 is 0 Å². The van der Waals surface area contributed by atoms with Gasteiger partial charge in [0.05, 0.1) is 12.8 Å². The molecule has 1 aliphatic heterocycles. The van der Waals surface area contributed by atoms with E-state index in [2.05, 4.69) is 15.4 Å². The molecule has 7 heavy (non-hydrogen) atoms. The molecule has 0 N–H and O–H groups in total. The second-order valence-electron chi connectivity index (χ2n) is 0.711. The fourth-order valence-corrected chi connectivity index (χ4v) is 0.183. The van der Waals surface area contributed by atoms with E-state index >= 15 is 0 Å². The third-order valence-corrected chi connectivity index (χ3v) is 0.360. The van der Waals surface area contributed by atoms with Crippen molar-refractivity contribution in [2.75, 3.05) is 6.54 Å². The van der Waals surface area contributed by atoms with Crippen molar-refractivity contribution in [3.63, 3.8) is 0 Å². The van der Waals surface area contributed by atoms with Gasteiger partial charge < -0.3 is 0 Å². The Morgan fingerprint density at radius 2 is 2.14 bits per heavy atom. The van der Waals surface area contributed by atoms with Gasteiger partial charge in [-0.15, -0.1) is 5.10 Å². The molecule has 40 valence electrons. The van der Waals surface area contributed by atoms with E-state index in [0.29, 0.717) is 6.54 Å². The first-order chi connectivity index (χ1) is 3.50. The standard InChI is InChI=1S/C2H3N3.C2H6/c1-2-4-5-3-1;1-2/h1H,2H2;1-2H3. The summed E-state index contributed by atoms with van der Waals surface area (Å²) in [6.07, 6.45) is 1.65. The summed E-state index contributed by atoms with van der Waals surface area (Å²) in [7, 11) is 0. The normalized spacial score (nSPS) is 13.4. The minimum Gasteiger partial charge on any atom is -0.163 e. The molecule has 0 spiro atoms. The molecule has 0 saturated carbocycles. The van der Waals surface area contributed by atoms with Crippen LogP contribution in [0.25, 0.3) is 0 Å². The Morgan fingerprint density at radius 1 is 1.43 bits per heavy atom. The van der Waals surface area contributed by atoms with Crippen LogP contribution in [0.15, 0.2) is 15.4 Å². The number of rotatable bonds is 0. The summed E-state index contributed by atoms with van der Waals surface area (Å²) in [4.78, 5) is 0. The van der Waals surface area contributed by atoms with Gasteiger partial charge in [-0.2, -0.15) is 5.11 Å². The fraction of sp³-hybridized carbons (Fsp3) is 0.750. The topological polar surface area (TPSA) is 37.1 Å². The van der Waals surface area contributed by atoms with E-state index in [1.807, 2.05) is 13.8 Å². The molecular formula is C4H9N3. The van der Waals surface area contributed by atoms with Crippen LogP contribution in [0.1, 0.15) is 13.8 Å². The summed E-state index contributed by atoms with van der Waals surface area (Å²) in [6.45, 7) is 4.67. The lowest BCUT2D eigenvalue weighted by atomic mass is 10.8. The van der Waals surface area contributed by atoms with Gasteiger partial charge in [0.15, 0.2) is 0 Å². The zero-order valence-electron chi connectivity index (χ0n) is 4.63. The smallest absolute Gasteiger partial charge is 0.0992 e. The van der Waals surface area contributed by atoms with Crippen LogP contribution in [0.4, 0.5) is 0 Å². The van der Waals surface area contributed by atoms with Gasteiger partial charge in [-0.3, -0.25) is 0 Å². The zero-order chi connectivity index (χ0) is 5.54. The Balaban J connectivity index is 0.000000162. The largest absolute Gasteiger partial charge is 0.163 e. The first kappa shape index (κ1) is 6.27. The Morgan fingerprint density at radius 3 is 2.29 bits per heavy atom. The lowest BCUT2D eigenvalue weighted by Gasteiger charge is -1.52.